The lowest BCUT2D eigenvalue weighted by Gasteiger charge is -2.36. The number of methoxy groups -OCH3 is 2. The molecule has 0 radical (unpaired) electrons. The summed E-state index contributed by atoms with van der Waals surface area (Å²) in [4.78, 5) is 29.4. The zero-order valence-corrected chi connectivity index (χ0v) is 19.5. The lowest BCUT2D eigenvalue weighted by molar-refractivity contribution is -0.130. The fourth-order valence-corrected chi connectivity index (χ4v) is 3.97. The molecule has 1 saturated heterocycles. The Morgan fingerprint density at radius 3 is 2.15 bits per heavy atom. The number of amides is 2. The van der Waals surface area contributed by atoms with Gasteiger partial charge in [-0.15, -0.1) is 0 Å². The van der Waals surface area contributed by atoms with Gasteiger partial charge in [-0.25, -0.2) is 0 Å². The van der Waals surface area contributed by atoms with Gasteiger partial charge < -0.3 is 24.6 Å². The molecule has 34 heavy (non-hydrogen) atoms. The average Bonchev–Trinajstić information content (AvgIpc) is 2.89. The van der Waals surface area contributed by atoms with E-state index in [2.05, 4.69) is 10.2 Å². The summed E-state index contributed by atoms with van der Waals surface area (Å²) in [6, 6.07) is 22.5. The third-order valence-electron chi connectivity index (χ3n) is 5.97. The Kier molecular flexibility index (Phi) is 7.32. The average molecular weight is 460 g/mol. The van der Waals surface area contributed by atoms with E-state index in [0.717, 1.165) is 35.8 Å². The Balaban J connectivity index is 1.28. The predicted octanol–water partition coefficient (Wildman–Crippen LogP) is 3.85. The van der Waals surface area contributed by atoms with E-state index in [0.29, 0.717) is 30.8 Å². The molecule has 0 atom stereocenters. The van der Waals surface area contributed by atoms with Gasteiger partial charge in [0, 0.05) is 43.1 Å². The summed E-state index contributed by atoms with van der Waals surface area (Å²) in [6.45, 7) is 2.90. The molecular formula is C27H29N3O4. The maximum atomic E-state index is 12.7. The van der Waals surface area contributed by atoms with Gasteiger partial charge in [0.1, 0.15) is 11.5 Å². The van der Waals surface area contributed by atoms with Crippen molar-refractivity contribution in [1.82, 2.24) is 4.90 Å². The molecule has 1 fully saturated rings. The largest absolute Gasteiger partial charge is 0.497 e. The van der Waals surface area contributed by atoms with Crippen molar-refractivity contribution < 1.29 is 19.1 Å². The first kappa shape index (κ1) is 23.2. The number of rotatable bonds is 7. The van der Waals surface area contributed by atoms with Gasteiger partial charge >= 0.3 is 0 Å². The van der Waals surface area contributed by atoms with Crippen molar-refractivity contribution in [2.45, 2.75) is 6.42 Å². The van der Waals surface area contributed by atoms with Crippen molar-refractivity contribution in [2.24, 2.45) is 0 Å². The molecule has 0 aromatic heterocycles. The first-order chi connectivity index (χ1) is 16.6. The number of hydrogen-bond donors (Lipinski definition) is 1. The maximum Gasteiger partial charge on any atom is 0.255 e. The topological polar surface area (TPSA) is 71.1 Å². The normalized spacial score (nSPS) is 13.4. The third-order valence-corrected chi connectivity index (χ3v) is 5.97. The lowest BCUT2D eigenvalue weighted by Crippen LogP contribution is -2.49. The summed E-state index contributed by atoms with van der Waals surface area (Å²) in [7, 11) is 3.21. The molecule has 1 aliphatic rings. The Morgan fingerprint density at radius 1 is 0.824 bits per heavy atom. The molecule has 3 aromatic rings. The highest BCUT2D eigenvalue weighted by atomic mass is 16.5. The number of piperazine rings is 1. The molecule has 4 rings (SSSR count). The number of anilines is 2. The summed E-state index contributed by atoms with van der Waals surface area (Å²) < 4.78 is 10.4. The minimum absolute atomic E-state index is 0.139. The molecule has 0 unspecified atom stereocenters. The van der Waals surface area contributed by atoms with Gasteiger partial charge in [0.05, 0.1) is 20.6 Å². The molecule has 0 bridgehead atoms. The van der Waals surface area contributed by atoms with Crippen LogP contribution in [0, 0.1) is 0 Å². The summed E-state index contributed by atoms with van der Waals surface area (Å²) in [5, 5.41) is 2.92. The number of hydrogen-bond acceptors (Lipinski definition) is 5. The number of carbonyl (C=O) groups is 2. The first-order valence-corrected chi connectivity index (χ1v) is 11.3. The van der Waals surface area contributed by atoms with Gasteiger partial charge in [0.15, 0.2) is 0 Å². The molecular weight excluding hydrogens is 430 g/mol. The van der Waals surface area contributed by atoms with Crippen LogP contribution in [-0.2, 0) is 11.2 Å². The zero-order chi connectivity index (χ0) is 23.9. The monoisotopic (exact) mass is 459 g/mol. The number of carbonyl (C=O) groups excluding carboxylic acids is 2. The van der Waals surface area contributed by atoms with Crippen LogP contribution in [0.25, 0.3) is 0 Å². The van der Waals surface area contributed by atoms with Gasteiger partial charge in [-0.2, -0.15) is 0 Å². The second-order valence-electron chi connectivity index (χ2n) is 8.13. The number of benzene rings is 3. The highest BCUT2D eigenvalue weighted by Crippen LogP contribution is 2.21. The van der Waals surface area contributed by atoms with Crippen molar-refractivity contribution >= 4 is 23.2 Å². The Morgan fingerprint density at radius 2 is 1.50 bits per heavy atom. The molecule has 3 aromatic carbocycles. The van der Waals surface area contributed by atoms with Crippen molar-refractivity contribution in [2.75, 3.05) is 50.6 Å². The SMILES string of the molecule is COc1ccc(CC(=O)N2CCN(c3ccc(NC(=O)c4cccc(OC)c4)cc3)CC2)cc1. The summed E-state index contributed by atoms with van der Waals surface area (Å²) in [6.07, 6.45) is 0.395. The molecule has 176 valence electrons. The summed E-state index contributed by atoms with van der Waals surface area (Å²) in [5.74, 6) is 1.39. The summed E-state index contributed by atoms with van der Waals surface area (Å²) in [5.41, 5.74) is 3.32. The molecule has 7 heteroatoms. The quantitative estimate of drug-likeness (QED) is 0.581. The highest BCUT2D eigenvalue weighted by molar-refractivity contribution is 6.04. The van der Waals surface area contributed by atoms with Crippen LogP contribution in [0.15, 0.2) is 72.8 Å². The van der Waals surface area contributed by atoms with Crippen molar-refractivity contribution in [3.05, 3.63) is 83.9 Å². The molecule has 1 heterocycles. The van der Waals surface area contributed by atoms with Crippen molar-refractivity contribution in [3.63, 3.8) is 0 Å². The third kappa shape index (κ3) is 5.67. The molecule has 0 saturated carbocycles. The number of nitrogens with zero attached hydrogens (tertiary/aromatic N) is 2. The summed E-state index contributed by atoms with van der Waals surface area (Å²) >= 11 is 0. The molecule has 7 nitrogen and oxygen atoms in total. The second kappa shape index (κ2) is 10.7. The van der Waals surface area contributed by atoms with Crippen LogP contribution >= 0.6 is 0 Å². The second-order valence-corrected chi connectivity index (χ2v) is 8.13. The van der Waals surface area contributed by atoms with Crippen LogP contribution in [0.1, 0.15) is 15.9 Å². The molecule has 1 N–H and O–H groups in total. The fourth-order valence-electron chi connectivity index (χ4n) is 3.97. The van der Waals surface area contributed by atoms with E-state index in [1.165, 1.54) is 0 Å². The zero-order valence-electron chi connectivity index (χ0n) is 19.5. The van der Waals surface area contributed by atoms with Crippen LogP contribution in [-0.4, -0.2) is 57.1 Å². The minimum atomic E-state index is -0.185. The van der Waals surface area contributed by atoms with E-state index in [1.807, 2.05) is 53.4 Å². The van der Waals surface area contributed by atoms with E-state index in [9.17, 15) is 9.59 Å². The minimum Gasteiger partial charge on any atom is -0.497 e. The molecule has 1 aliphatic heterocycles. The highest BCUT2D eigenvalue weighted by Gasteiger charge is 2.21. The maximum absolute atomic E-state index is 12.7. The van der Waals surface area contributed by atoms with Gasteiger partial charge in [-0.05, 0) is 60.2 Å². The van der Waals surface area contributed by atoms with E-state index in [4.69, 9.17) is 9.47 Å². The van der Waals surface area contributed by atoms with E-state index < -0.39 is 0 Å². The molecule has 2 amide bonds. The lowest BCUT2D eigenvalue weighted by atomic mass is 10.1. The van der Waals surface area contributed by atoms with E-state index in [-0.39, 0.29) is 11.8 Å². The predicted molar refractivity (Wildman–Crippen MR) is 133 cm³/mol. The smallest absolute Gasteiger partial charge is 0.255 e. The molecule has 0 aliphatic carbocycles. The Bertz CT molecular complexity index is 1120. The van der Waals surface area contributed by atoms with E-state index in [1.54, 1.807) is 38.5 Å². The Hall–Kier alpha value is -4.00. The van der Waals surface area contributed by atoms with Gasteiger partial charge in [-0.3, -0.25) is 9.59 Å². The van der Waals surface area contributed by atoms with Crippen LogP contribution < -0.4 is 19.7 Å². The van der Waals surface area contributed by atoms with Gasteiger partial charge in [-0.1, -0.05) is 18.2 Å². The standard InChI is InChI=1S/C27H29N3O4/c1-33-24-12-6-20(7-13-24)18-26(31)30-16-14-29(15-17-30)23-10-8-22(9-11-23)28-27(32)21-4-3-5-25(19-21)34-2/h3-13,19H,14-18H2,1-2H3,(H,28,32). The van der Waals surface area contributed by atoms with Crippen molar-refractivity contribution in [3.8, 4) is 11.5 Å². The fraction of sp³-hybridized carbons (Fsp3) is 0.259. The number of nitrogens with one attached hydrogen (secondary N) is 1. The first-order valence-electron chi connectivity index (χ1n) is 11.3. The van der Waals surface area contributed by atoms with Crippen LogP contribution in [0.3, 0.4) is 0 Å². The van der Waals surface area contributed by atoms with E-state index >= 15 is 0 Å². The van der Waals surface area contributed by atoms with Crippen LogP contribution in [0.2, 0.25) is 0 Å². The van der Waals surface area contributed by atoms with Gasteiger partial charge in [0.25, 0.3) is 5.91 Å². The van der Waals surface area contributed by atoms with Crippen LogP contribution in [0.4, 0.5) is 11.4 Å². The Labute approximate surface area is 199 Å². The van der Waals surface area contributed by atoms with Crippen molar-refractivity contribution in [1.29, 1.82) is 0 Å². The number of ether oxygens (including phenoxy) is 2. The van der Waals surface area contributed by atoms with Gasteiger partial charge in [0.2, 0.25) is 5.91 Å². The molecule has 0 spiro atoms. The van der Waals surface area contributed by atoms with Crippen LogP contribution in [0.5, 0.6) is 11.5 Å².